The Balaban J connectivity index is 1.91. The van der Waals surface area contributed by atoms with Gasteiger partial charge in [0, 0.05) is 21.3 Å². The Hall–Kier alpha value is -2.37. The van der Waals surface area contributed by atoms with Crippen LogP contribution in [0.15, 0.2) is 86.3 Å². The smallest absolute Gasteiger partial charge is 0.404 e. The molecule has 1 aliphatic rings. The van der Waals surface area contributed by atoms with E-state index in [9.17, 15) is 0 Å². The molecule has 0 saturated heterocycles. The van der Waals surface area contributed by atoms with Crippen molar-refractivity contribution in [2.45, 2.75) is 20.8 Å². The number of benzene rings is 3. The average molecular weight is 549 g/mol. The van der Waals surface area contributed by atoms with E-state index in [1.165, 1.54) is 21.3 Å². The molecular formula is C24H30N3O6P3. The summed E-state index contributed by atoms with van der Waals surface area (Å²) in [7, 11) is -5.83. The Morgan fingerprint density at radius 1 is 0.417 bits per heavy atom. The van der Waals surface area contributed by atoms with E-state index in [0.717, 1.165) is 16.7 Å². The molecule has 0 spiro atoms. The molecule has 0 fully saturated rings. The van der Waals surface area contributed by atoms with Gasteiger partial charge in [0.25, 0.3) is 0 Å². The van der Waals surface area contributed by atoms with Crippen molar-refractivity contribution in [2.75, 3.05) is 21.3 Å². The van der Waals surface area contributed by atoms with Gasteiger partial charge in [-0.25, -0.2) is 0 Å². The van der Waals surface area contributed by atoms with E-state index in [1.807, 2.05) is 93.6 Å². The minimum absolute atomic E-state index is 0.527. The minimum atomic E-state index is -3.42. The monoisotopic (exact) mass is 549 g/mol. The Labute approximate surface area is 212 Å². The van der Waals surface area contributed by atoms with Crippen molar-refractivity contribution >= 4 is 23.0 Å². The predicted octanol–water partition coefficient (Wildman–Crippen LogP) is 8.94. The molecule has 4 rings (SSSR count). The van der Waals surface area contributed by atoms with Crippen molar-refractivity contribution in [1.29, 1.82) is 0 Å². The molecule has 1 heterocycles. The van der Waals surface area contributed by atoms with E-state index in [1.54, 1.807) is 0 Å². The third-order valence-electron chi connectivity index (χ3n) is 5.13. The lowest BCUT2D eigenvalue weighted by molar-refractivity contribution is 0.354. The van der Waals surface area contributed by atoms with Gasteiger partial charge in [-0.1, -0.05) is 53.1 Å². The maximum absolute atomic E-state index is 6.31. The quantitative estimate of drug-likeness (QED) is 0.248. The SMILES string of the molecule is COP1(Oc2ccc(C)cc2)=NP(OC)(Oc2ccc(C)cc2)=NP(OC)(Oc2ccc(C)cc2)=N1. The highest BCUT2D eigenvalue weighted by Gasteiger charge is 2.44. The first-order valence-electron chi connectivity index (χ1n) is 11.1. The van der Waals surface area contributed by atoms with Gasteiger partial charge in [-0.2, -0.15) is 0 Å². The van der Waals surface area contributed by atoms with Crippen LogP contribution in [0.4, 0.5) is 0 Å². The normalized spacial score (nSPS) is 25.2. The first kappa shape index (κ1) is 26.7. The zero-order chi connectivity index (χ0) is 25.8. The summed E-state index contributed by atoms with van der Waals surface area (Å²) in [5.41, 5.74) is 3.26. The molecule has 1 aliphatic heterocycles. The highest BCUT2D eigenvalue weighted by atomic mass is 31.3. The van der Waals surface area contributed by atoms with Crippen molar-refractivity contribution in [3.8, 4) is 17.2 Å². The van der Waals surface area contributed by atoms with Crippen LogP contribution in [0.3, 0.4) is 0 Å². The zero-order valence-corrected chi connectivity index (χ0v) is 23.7. The van der Waals surface area contributed by atoms with Gasteiger partial charge in [0.2, 0.25) is 0 Å². The van der Waals surface area contributed by atoms with Crippen molar-refractivity contribution in [3.05, 3.63) is 89.5 Å². The van der Waals surface area contributed by atoms with E-state index in [0.29, 0.717) is 17.2 Å². The van der Waals surface area contributed by atoms with Gasteiger partial charge in [-0.3, -0.25) is 0 Å². The number of hydrogen-bond donors (Lipinski definition) is 0. The summed E-state index contributed by atoms with van der Waals surface area (Å²) in [5, 5.41) is 0. The Morgan fingerprint density at radius 2 is 0.639 bits per heavy atom. The molecule has 0 bridgehead atoms. The molecule has 0 radical (unpaired) electrons. The lowest BCUT2D eigenvalue weighted by Gasteiger charge is -2.31. The van der Waals surface area contributed by atoms with E-state index in [2.05, 4.69) is 0 Å². The molecule has 0 aliphatic carbocycles. The van der Waals surface area contributed by atoms with Gasteiger partial charge < -0.3 is 27.1 Å². The van der Waals surface area contributed by atoms with Crippen LogP contribution in [0.1, 0.15) is 16.7 Å². The van der Waals surface area contributed by atoms with Gasteiger partial charge in [0.1, 0.15) is 17.2 Å². The van der Waals surface area contributed by atoms with Gasteiger partial charge in [0.05, 0.1) is 0 Å². The standard InChI is InChI=1S/C24H30N3O6P3/c1-19-7-13-22(14-8-19)31-34(28-4)25-35(29-5,32-23-15-9-20(2)10-16-23)27-36(26-34,30-6)33-24-17-11-21(3)12-18-24/h7-18H,1-6H3. The summed E-state index contributed by atoms with van der Waals surface area (Å²) in [6.07, 6.45) is 0. The van der Waals surface area contributed by atoms with Crippen molar-refractivity contribution in [2.24, 2.45) is 13.5 Å². The Bertz CT molecular complexity index is 1190. The van der Waals surface area contributed by atoms with Crippen molar-refractivity contribution in [1.82, 2.24) is 0 Å². The maximum atomic E-state index is 6.31. The van der Waals surface area contributed by atoms with E-state index in [-0.39, 0.29) is 0 Å². The molecule has 0 aromatic heterocycles. The molecule has 0 atom stereocenters. The third kappa shape index (κ3) is 6.12. The number of aryl methyl sites for hydroxylation is 3. The summed E-state index contributed by atoms with van der Waals surface area (Å²) in [5.74, 6) is 1.58. The van der Waals surface area contributed by atoms with E-state index >= 15 is 0 Å². The fourth-order valence-electron chi connectivity index (χ4n) is 3.13. The molecule has 36 heavy (non-hydrogen) atoms. The van der Waals surface area contributed by atoms with Gasteiger partial charge in [-0.05, 0) is 57.2 Å². The lowest BCUT2D eigenvalue weighted by atomic mass is 10.2. The van der Waals surface area contributed by atoms with E-state index in [4.69, 9.17) is 40.7 Å². The molecular weight excluding hydrogens is 519 g/mol. The van der Waals surface area contributed by atoms with Crippen LogP contribution >= 0.6 is 23.0 Å². The van der Waals surface area contributed by atoms with Crippen LogP contribution in [0, 0.1) is 20.8 Å². The van der Waals surface area contributed by atoms with Gasteiger partial charge in [-0.15, -0.1) is 13.5 Å². The van der Waals surface area contributed by atoms with Crippen molar-refractivity contribution in [3.63, 3.8) is 0 Å². The van der Waals surface area contributed by atoms with Crippen LogP contribution in [0.25, 0.3) is 0 Å². The van der Waals surface area contributed by atoms with Crippen LogP contribution in [0.5, 0.6) is 17.2 Å². The molecule has 0 amide bonds. The van der Waals surface area contributed by atoms with Gasteiger partial charge >= 0.3 is 23.0 Å². The van der Waals surface area contributed by atoms with E-state index < -0.39 is 23.0 Å². The number of hydrogen-bond acceptors (Lipinski definition) is 9. The summed E-state index contributed by atoms with van der Waals surface area (Å²) in [6, 6.07) is 22.5. The molecule has 3 aromatic carbocycles. The van der Waals surface area contributed by atoms with Gasteiger partial charge in [0.15, 0.2) is 0 Å². The fourth-order valence-corrected chi connectivity index (χ4v) is 12.0. The second-order valence-corrected chi connectivity index (χ2v) is 14.7. The molecule has 9 nitrogen and oxygen atoms in total. The Morgan fingerprint density at radius 3 is 0.833 bits per heavy atom. The topological polar surface area (TPSA) is 92.5 Å². The largest absolute Gasteiger partial charge is 0.422 e. The van der Waals surface area contributed by atoms with Crippen LogP contribution in [0.2, 0.25) is 0 Å². The Kier molecular flexibility index (Phi) is 8.11. The highest BCUT2D eigenvalue weighted by molar-refractivity contribution is 7.78. The average Bonchev–Trinajstić information content (AvgIpc) is 2.88. The first-order chi connectivity index (χ1) is 17.2. The zero-order valence-electron chi connectivity index (χ0n) is 21.1. The first-order valence-corrected chi connectivity index (χ1v) is 15.7. The summed E-state index contributed by atoms with van der Waals surface area (Å²) >= 11 is 0. The predicted molar refractivity (Wildman–Crippen MR) is 144 cm³/mol. The molecule has 0 N–H and O–H groups in total. The highest BCUT2D eigenvalue weighted by Crippen LogP contribution is 2.79. The summed E-state index contributed by atoms with van der Waals surface area (Å²) < 4.78 is 50.9. The molecule has 12 heteroatoms. The molecule has 0 unspecified atom stereocenters. The second-order valence-electron chi connectivity index (χ2n) is 8.00. The van der Waals surface area contributed by atoms with Crippen LogP contribution in [-0.4, -0.2) is 21.3 Å². The number of rotatable bonds is 9. The summed E-state index contributed by atoms with van der Waals surface area (Å²) in [4.78, 5) is 0. The summed E-state index contributed by atoms with van der Waals surface area (Å²) in [6.45, 7) is 5.98. The van der Waals surface area contributed by atoms with Crippen molar-refractivity contribution < 1.29 is 27.1 Å². The second kappa shape index (κ2) is 10.9. The van der Waals surface area contributed by atoms with Crippen LogP contribution in [-0.2, 0) is 13.6 Å². The van der Waals surface area contributed by atoms with Crippen LogP contribution < -0.4 is 13.6 Å². The lowest BCUT2D eigenvalue weighted by Crippen LogP contribution is -2.05. The number of nitrogens with zero attached hydrogens (tertiary/aromatic N) is 3. The molecule has 0 saturated carbocycles. The molecule has 192 valence electrons. The third-order valence-corrected chi connectivity index (χ3v) is 13.3. The minimum Gasteiger partial charge on any atom is -0.422 e. The fraction of sp³-hybridized carbons (Fsp3) is 0.250. The molecule has 3 aromatic rings. The maximum Gasteiger partial charge on any atom is 0.404 e.